The molecule has 1 N–H and O–H groups in total. The molecule has 1 amide bonds. The fraction of sp³-hybridized carbons (Fsp3) is 0.304. The largest absolute Gasteiger partial charge is 0.353 e. The van der Waals surface area contributed by atoms with Crippen LogP contribution in [0.25, 0.3) is 17.0 Å². The van der Waals surface area contributed by atoms with Gasteiger partial charge in [-0.1, -0.05) is 24.3 Å². The van der Waals surface area contributed by atoms with Crippen LogP contribution in [0.2, 0.25) is 0 Å². The van der Waals surface area contributed by atoms with Crippen molar-refractivity contribution in [3.05, 3.63) is 70.5 Å². The predicted molar refractivity (Wildman–Crippen MR) is 116 cm³/mol. The quantitative estimate of drug-likeness (QED) is 0.622. The molecule has 6 nitrogen and oxygen atoms in total. The number of hydrogen-bond donors (Lipinski definition) is 1. The fourth-order valence-electron chi connectivity index (χ4n) is 3.26. The maximum atomic E-state index is 14.6. The van der Waals surface area contributed by atoms with Crippen molar-refractivity contribution in [2.75, 3.05) is 6.54 Å². The molecule has 0 spiro atoms. The lowest BCUT2D eigenvalue weighted by atomic mass is 10.0. The van der Waals surface area contributed by atoms with Crippen LogP contribution in [0.1, 0.15) is 49.0 Å². The molecule has 2 heterocycles. The molecule has 3 rings (SSSR count). The van der Waals surface area contributed by atoms with Gasteiger partial charge in [0.2, 0.25) is 5.91 Å². The van der Waals surface area contributed by atoms with Gasteiger partial charge in [-0.15, -0.1) is 0 Å². The van der Waals surface area contributed by atoms with Gasteiger partial charge in [-0.25, -0.2) is 18.2 Å². The second-order valence-electron chi connectivity index (χ2n) is 7.36. The summed E-state index contributed by atoms with van der Waals surface area (Å²) in [5.41, 5.74) is 1.19. The van der Waals surface area contributed by atoms with Crippen molar-refractivity contribution < 1.29 is 18.0 Å². The van der Waals surface area contributed by atoms with E-state index in [2.05, 4.69) is 20.3 Å². The zero-order valence-electron chi connectivity index (χ0n) is 18.2. The molecule has 0 aliphatic rings. The Balaban J connectivity index is 2.09. The van der Waals surface area contributed by atoms with Crippen LogP contribution in [0.15, 0.2) is 41.5 Å². The molecule has 32 heavy (non-hydrogen) atoms. The summed E-state index contributed by atoms with van der Waals surface area (Å²) in [7, 11) is 1.84. The molecule has 0 saturated carbocycles. The molecule has 1 aromatic carbocycles. The van der Waals surface area contributed by atoms with Crippen molar-refractivity contribution in [1.82, 2.24) is 19.9 Å². The number of halogens is 3. The molecule has 9 heteroatoms. The molecular formula is C23H24F3N5O. The van der Waals surface area contributed by atoms with E-state index in [0.29, 0.717) is 28.9 Å². The number of nitrogens with one attached hydrogen (secondary N) is 1. The smallest absolute Gasteiger partial charge is 0.266 e. The predicted octanol–water partition coefficient (Wildman–Crippen LogP) is 4.16. The van der Waals surface area contributed by atoms with Crippen molar-refractivity contribution in [2.45, 2.75) is 33.2 Å². The Hall–Kier alpha value is -3.49. The molecule has 0 aliphatic heterocycles. The Labute approximate surface area is 183 Å². The van der Waals surface area contributed by atoms with Crippen LogP contribution in [0, 0.1) is 12.7 Å². The third kappa shape index (κ3) is 5.04. The number of rotatable bonds is 6. The molecule has 0 radical (unpaired) electrons. The first-order valence-electron chi connectivity index (χ1n) is 10.0. The lowest BCUT2D eigenvalue weighted by Gasteiger charge is -2.13. The van der Waals surface area contributed by atoms with Crippen molar-refractivity contribution in [2.24, 2.45) is 12.0 Å². The van der Waals surface area contributed by atoms with Gasteiger partial charge in [0.05, 0.1) is 29.0 Å². The summed E-state index contributed by atoms with van der Waals surface area (Å²) in [6.45, 7) is 5.25. The van der Waals surface area contributed by atoms with E-state index in [4.69, 9.17) is 0 Å². The highest BCUT2D eigenvalue weighted by atomic mass is 19.3. The molecule has 0 fully saturated rings. The lowest BCUT2D eigenvalue weighted by Crippen LogP contribution is -2.19. The first-order valence-corrected chi connectivity index (χ1v) is 10.0. The Morgan fingerprint density at radius 1 is 1.31 bits per heavy atom. The minimum absolute atomic E-state index is 0.0770. The van der Waals surface area contributed by atoms with Crippen molar-refractivity contribution in [3.8, 4) is 0 Å². The maximum absolute atomic E-state index is 14.6. The number of fused-ring (bicyclic) bond motifs is 1. The van der Waals surface area contributed by atoms with Gasteiger partial charge in [0.1, 0.15) is 11.6 Å². The summed E-state index contributed by atoms with van der Waals surface area (Å²) >= 11 is 0. The topological polar surface area (TPSA) is 72.2 Å². The Kier molecular flexibility index (Phi) is 7.07. The summed E-state index contributed by atoms with van der Waals surface area (Å²) in [6, 6.07) is 4.98. The number of nitrogens with zero attached hydrogens (tertiary/aromatic N) is 4. The van der Waals surface area contributed by atoms with E-state index >= 15 is 0 Å². The monoisotopic (exact) mass is 443 g/mol. The molecule has 2 aromatic heterocycles. The van der Waals surface area contributed by atoms with E-state index in [9.17, 15) is 18.0 Å². The van der Waals surface area contributed by atoms with Crippen LogP contribution in [-0.4, -0.2) is 27.0 Å². The van der Waals surface area contributed by atoms with E-state index < -0.39 is 23.8 Å². The van der Waals surface area contributed by atoms with Crippen molar-refractivity contribution in [1.29, 1.82) is 0 Å². The minimum Gasteiger partial charge on any atom is -0.353 e. The van der Waals surface area contributed by atoms with Gasteiger partial charge >= 0.3 is 0 Å². The first-order chi connectivity index (χ1) is 15.2. The fourth-order valence-corrected chi connectivity index (χ4v) is 3.26. The van der Waals surface area contributed by atoms with Crippen LogP contribution < -0.4 is 10.8 Å². The van der Waals surface area contributed by atoms with Gasteiger partial charge in [0, 0.05) is 31.5 Å². The Bertz CT molecular complexity index is 1250. The van der Waals surface area contributed by atoms with Gasteiger partial charge in [0.25, 0.3) is 6.43 Å². The second-order valence-corrected chi connectivity index (χ2v) is 7.36. The van der Waals surface area contributed by atoms with Crippen LogP contribution in [0.5, 0.6) is 0 Å². The number of benzene rings is 1. The molecule has 3 aromatic rings. The third-order valence-electron chi connectivity index (χ3n) is 5.08. The summed E-state index contributed by atoms with van der Waals surface area (Å²) in [4.78, 5) is 24.5. The zero-order valence-corrected chi connectivity index (χ0v) is 18.2. The standard InChI is InChI=1S/C23H24F3N5O/c1-13(17-8-5-9-18(21(17)24)22(25)26)29-23-19-11-16(7-6-10-27-15(3)32)28-12-20(19)31(4)14(2)30-23/h5-9,11-13,22H,10H2,1-4H3,(H,27,32)/b7-6+,29-23?. The molecule has 0 aliphatic carbocycles. The average Bonchev–Trinajstić information content (AvgIpc) is 2.74. The van der Waals surface area contributed by atoms with Crippen LogP contribution in [-0.2, 0) is 11.8 Å². The van der Waals surface area contributed by atoms with Crippen LogP contribution >= 0.6 is 0 Å². The first kappa shape index (κ1) is 23.2. The lowest BCUT2D eigenvalue weighted by molar-refractivity contribution is -0.118. The number of carbonyl (C=O) groups excluding carboxylic acids is 1. The summed E-state index contributed by atoms with van der Waals surface area (Å²) in [5.74, 6) is -0.420. The van der Waals surface area contributed by atoms with Crippen molar-refractivity contribution >= 4 is 22.9 Å². The Morgan fingerprint density at radius 2 is 2.03 bits per heavy atom. The van der Waals surface area contributed by atoms with Gasteiger partial charge in [-0.2, -0.15) is 0 Å². The number of pyridine rings is 1. The van der Waals surface area contributed by atoms with E-state index in [1.807, 2.05) is 18.5 Å². The molecule has 1 atom stereocenters. The highest BCUT2D eigenvalue weighted by molar-refractivity contribution is 5.79. The molecule has 0 bridgehead atoms. The number of aromatic nitrogens is 3. The number of aryl methyl sites for hydroxylation is 2. The van der Waals surface area contributed by atoms with Gasteiger partial charge < -0.3 is 9.88 Å². The van der Waals surface area contributed by atoms with E-state index in [-0.39, 0.29) is 11.5 Å². The van der Waals surface area contributed by atoms with E-state index in [0.717, 1.165) is 11.6 Å². The van der Waals surface area contributed by atoms with Gasteiger partial charge in [-0.05, 0) is 26.0 Å². The van der Waals surface area contributed by atoms with Crippen molar-refractivity contribution in [3.63, 3.8) is 0 Å². The number of alkyl halides is 2. The maximum Gasteiger partial charge on any atom is 0.266 e. The average molecular weight is 443 g/mol. The second kappa shape index (κ2) is 9.76. The van der Waals surface area contributed by atoms with E-state index in [1.165, 1.54) is 19.1 Å². The summed E-state index contributed by atoms with van der Waals surface area (Å²) in [6.07, 6.45) is 2.30. The van der Waals surface area contributed by atoms with Crippen LogP contribution in [0.3, 0.4) is 0 Å². The van der Waals surface area contributed by atoms with E-state index in [1.54, 1.807) is 31.3 Å². The normalized spacial score (nSPS) is 13.3. The van der Waals surface area contributed by atoms with Crippen LogP contribution in [0.4, 0.5) is 13.2 Å². The summed E-state index contributed by atoms with van der Waals surface area (Å²) < 4.78 is 42.7. The highest BCUT2D eigenvalue weighted by Gasteiger charge is 2.19. The summed E-state index contributed by atoms with van der Waals surface area (Å²) in [5, 5.41) is 3.35. The third-order valence-corrected chi connectivity index (χ3v) is 5.08. The minimum atomic E-state index is -2.91. The molecule has 168 valence electrons. The van der Waals surface area contributed by atoms with Gasteiger partial charge in [0.15, 0.2) is 5.49 Å². The molecule has 1 unspecified atom stereocenters. The molecular weight excluding hydrogens is 419 g/mol. The number of amides is 1. The Morgan fingerprint density at radius 3 is 2.72 bits per heavy atom. The SMILES string of the molecule is CC(=O)NC/C=C/c1cc2c(=NC(C)c3cccc(C(F)F)c3F)nc(C)n(C)c2cn1. The highest BCUT2D eigenvalue weighted by Crippen LogP contribution is 2.28. The zero-order chi connectivity index (χ0) is 23.4. The molecule has 0 saturated heterocycles. The van der Waals surface area contributed by atoms with Gasteiger partial charge in [-0.3, -0.25) is 14.8 Å². The number of carbonyl (C=O) groups is 1. The number of hydrogen-bond acceptors (Lipinski definition) is 4.